The third-order valence-corrected chi connectivity index (χ3v) is 6.93. The van der Waals surface area contributed by atoms with Gasteiger partial charge in [-0.1, -0.05) is 50.2 Å². The maximum absolute atomic E-state index is 13.5. The van der Waals surface area contributed by atoms with E-state index in [1.807, 2.05) is 62.4 Å². The molecule has 0 radical (unpaired) electrons. The number of aromatic nitrogens is 2. The Morgan fingerprint density at radius 3 is 2.62 bits per heavy atom. The largest absolute Gasteiger partial charge is 0.454 e. The number of ether oxygens (including phenoxy) is 2. The van der Waals surface area contributed by atoms with Gasteiger partial charge in [-0.15, -0.1) is 0 Å². The smallest absolute Gasteiger partial charge is 0.274 e. The Morgan fingerprint density at radius 1 is 1.02 bits per heavy atom. The van der Waals surface area contributed by atoms with Crippen LogP contribution >= 0.6 is 0 Å². The van der Waals surface area contributed by atoms with Crippen LogP contribution < -0.4 is 14.8 Å². The minimum Gasteiger partial charge on any atom is -0.454 e. The zero-order valence-corrected chi connectivity index (χ0v) is 23.0. The van der Waals surface area contributed by atoms with Gasteiger partial charge in [0.15, 0.2) is 17.2 Å². The summed E-state index contributed by atoms with van der Waals surface area (Å²) in [7, 11) is 0. The summed E-state index contributed by atoms with van der Waals surface area (Å²) in [4.78, 5) is 43.0. The first-order chi connectivity index (χ1) is 19.4. The maximum atomic E-state index is 13.5. The number of hydrogen-bond acceptors (Lipinski definition) is 6. The van der Waals surface area contributed by atoms with Crippen molar-refractivity contribution in [1.29, 1.82) is 0 Å². The minimum atomic E-state index is -0.278. The number of rotatable bonds is 10. The molecule has 0 atom stereocenters. The van der Waals surface area contributed by atoms with Crippen LogP contribution in [0.5, 0.6) is 11.5 Å². The Kier molecular flexibility index (Phi) is 8.33. The molecule has 5 rings (SSSR count). The zero-order chi connectivity index (χ0) is 28.1. The van der Waals surface area contributed by atoms with E-state index in [9.17, 15) is 14.4 Å². The third kappa shape index (κ3) is 6.44. The molecule has 10 heteroatoms. The van der Waals surface area contributed by atoms with Crippen LogP contribution in [0.25, 0.3) is 0 Å². The number of carbonyl (C=O) groups excluding carboxylic acids is 3. The van der Waals surface area contributed by atoms with E-state index in [2.05, 4.69) is 10.4 Å². The van der Waals surface area contributed by atoms with Crippen molar-refractivity contribution in [2.45, 2.75) is 46.3 Å². The van der Waals surface area contributed by atoms with Gasteiger partial charge in [-0.05, 0) is 35.6 Å². The normalized spacial score (nSPS) is 14.2. The second kappa shape index (κ2) is 12.2. The summed E-state index contributed by atoms with van der Waals surface area (Å²) in [5, 5.41) is 7.43. The summed E-state index contributed by atoms with van der Waals surface area (Å²) in [6, 6.07) is 17.0. The lowest BCUT2D eigenvalue weighted by Crippen LogP contribution is -2.37. The first-order valence-electron chi connectivity index (χ1n) is 13.7. The first kappa shape index (κ1) is 27.2. The SMILES string of the molecule is CC(C)CN(CCC(=O)NCc1ccc2c(c1)OCO2)C(=O)c1cc2n(n1)CCCN(Cc1ccccc1)C2=O. The van der Waals surface area contributed by atoms with Crippen molar-refractivity contribution in [3.63, 3.8) is 0 Å². The molecule has 0 fully saturated rings. The second-order valence-corrected chi connectivity index (χ2v) is 10.6. The molecule has 3 aromatic rings. The van der Waals surface area contributed by atoms with Crippen LogP contribution in [0.15, 0.2) is 54.6 Å². The van der Waals surface area contributed by atoms with Crippen LogP contribution in [0, 0.1) is 5.92 Å². The lowest BCUT2D eigenvalue weighted by Gasteiger charge is -2.23. The number of nitrogens with one attached hydrogen (secondary N) is 1. The fourth-order valence-corrected chi connectivity index (χ4v) is 4.95. The molecule has 3 heterocycles. The van der Waals surface area contributed by atoms with E-state index < -0.39 is 0 Å². The summed E-state index contributed by atoms with van der Waals surface area (Å²) in [6.07, 6.45) is 0.903. The van der Waals surface area contributed by atoms with E-state index in [-0.39, 0.29) is 49.1 Å². The van der Waals surface area contributed by atoms with Crippen molar-refractivity contribution >= 4 is 17.7 Å². The van der Waals surface area contributed by atoms with Crippen molar-refractivity contribution in [2.24, 2.45) is 5.92 Å². The number of aryl methyl sites for hydroxylation is 1. The van der Waals surface area contributed by atoms with Gasteiger partial charge in [0.2, 0.25) is 12.7 Å². The molecule has 0 saturated heterocycles. The summed E-state index contributed by atoms with van der Waals surface area (Å²) in [5.41, 5.74) is 2.60. The molecule has 0 aliphatic carbocycles. The first-order valence-corrected chi connectivity index (χ1v) is 13.7. The molecule has 0 saturated carbocycles. The molecular weight excluding hydrogens is 510 g/mol. The Hall–Kier alpha value is -4.34. The lowest BCUT2D eigenvalue weighted by molar-refractivity contribution is -0.121. The summed E-state index contributed by atoms with van der Waals surface area (Å²) >= 11 is 0. The molecule has 0 unspecified atom stereocenters. The van der Waals surface area contributed by atoms with Gasteiger partial charge in [-0.2, -0.15) is 5.10 Å². The van der Waals surface area contributed by atoms with Crippen molar-refractivity contribution in [2.75, 3.05) is 26.4 Å². The topological polar surface area (TPSA) is 106 Å². The zero-order valence-electron chi connectivity index (χ0n) is 23.0. The standard InChI is InChI=1S/C30H35N5O5/c1-21(2)18-34(14-11-28(36)31-17-23-9-10-26-27(15-23)40-20-39-26)29(37)24-16-25-30(38)33(12-6-13-35(25)32-24)19-22-7-4-3-5-8-22/h3-5,7-10,15-16,21H,6,11-14,17-20H2,1-2H3,(H,31,36). The average Bonchev–Trinajstić information content (AvgIpc) is 3.57. The highest BCUT2D eigenvalue weighted by molar-refractivity contribution is 5.98. The van der Waals surface area contributed by atoms with E-state index in [1.165, 1.54) is 0 Å². The number of fused-ring (bicyclic) bond motifs is 2. The predicted molar refractivity (Wildman–Crippen MR) is 148 cm³/mol. The molecular formula is C30H35N5O5. The van der Waals surface area contributed by atoms with E-state index >= 15 is 0 Å². The van der Waals surface area contributed by atoms with Crippen LogP contribution in [-0.2, 0) is 24.4 Å². The highest BCUT2D eigenvalue weighted by Gasteiger charge is 2.28. The monoisotopic (exact) mass is 545 g/mol. The highest BCUT2D eigenvalue weighted by atomic mass is 16.7. The Labute approximate surface area is 233 Å². The van der Waals surface area contributed by atoms with Gasteiger partial charge in [0, 0.05) is 51.8 Å². The van der Waals surface area contributed by atoms with Crippen LogP contribution in [0.1, 0.15) is 58.8 Å². The summed E-state index contributed by atoms with van der Waals surface area (Å²) < 4.78 is 12.4. The molecule has 210 valence electrons. The molecule has 10 nitrogen and oxygen atoms in total. The van der Waals surface area contributed by atoms with Crippen molar-refractivity contribution in [3.05, 3.63) is 77.1 Å². The molecule has 1 aromatic heterocycles. The molecule has 0 spiro atoms. The number of hydrogen-bond donors (Lipinski definition) is 1. The Bertz CT molecular complexity index is 1370. The van der Waals surface area contributed by atoms with Crippen molar-refractivity contribution < 1.29 is 23.9 Å². The third-order valence-electron chi connectivity index (χ3n) is 6.93. The maximum Gasteiger partial charge on any atom is 0.274 e. The molecule has 40 heavy (non-hydrogen) atoms. The lowest BCUT2D eigenvalue weighted by atomic mass is 10.1. The van der Waals surface area contributed by atoms with E-state index in [1.54, 1.807) is 20.5 Å². The number of carbonyl (C=O) groups is 3. The van der Waals surface area contributed by atoms with Crippen molar-refractivity contribution in [3.8, 4) is 11.5 Å². The van der Waals surface area contributed by atoms with Crippen LogP contribution in [0.3, 0.4) is 0 Å². The predicted octanol–water partition coefficient (Wildman–Crippen LogP) is 3.46. The summed E-state index contributed by atoms with van der Waals surface area (Å²) in [5.74, 6) is 0.989. The van der Waals surface area contributed by atoms with Crippen LogP contribution in [0.2, 0.25) is 0 Å². The van der Waals surface area contributed by atoms with Gasteiger partial charge < -0.3 is 24.6 Å². The van der Waals surface area contributed by atoms with E-state index in [0.29, 0.717) is 49.9 Å². The fraction of sp³-hybridized carbons (Fsp3) is 0.400. The molecule has 2 aliphatic rings. The molecule has 1 N–H and O–H groups in total. The van der Waals surface area contributed by atoms with Crippen LogP contribution in [-0.4, -0.2) is 63.7 Å². The molecule has 2 aliphatic heterocycles. The molecule has 0 bridgehead atoms. The second-order valence-electron chi connectivity index (χ2n) is 10.6. The van der Waals surface area contributed by atoms with Crippen molar-refractivity contribution in [1.82, 2.24) is 24.9 Å². The van der Waals surface area contributed by atoms with Gasteiger partial charge in [0.05, 0.1) is 0 Å². The van der Waals surface area contributed by atoms with Gasteiger partial charge >= 0.3 is 0 Å². The van der Waals surface area contributed by atoms with Gasteiger partial charge in [0.1, 0.15) is 5.69 Å². The highest BCUT2D eigenvalue weighted by Crippen LogP contribution is 2.32. The van der Waals surface area contributed by atoms with Gasteiger partial charge in [-0.25, -0.2) is 0 Å². The van der Waals surface area contributed by atoms with Crippen LogP contribution in [0.4, 0.5) is 0 Å². The average molecular weight is 546 g/mol. The Morgan fingerprint density at radius 2 is 1.82 bits per heavy atom. The number of nitrogens with zero attached hydrogens (tertiary/aromatic N) is 4. The molecule has 3 amide bonds. The quantitative estimate of drug-likeness (QED) is 0.418. The summed E-state index contributed by atoms with van der Waals surface area (Å²) in [6.45, 7) is 7.02. The van der Waals surface area contributed by atoms with Gasteiger partial charge in [-0.3, -0.25) is 19.1 Å². The van der Waals surface area contributed by atoms with Gasteiger partial charge in [0.25, 0.3) is 11.8 Å². The van der Waals surface area contributed by atoms with E-state index in [0.717, 1.165) is 17.5 Å². The fourth-order valence-electron chi connectivity index (χ4n) is 4.95. The Balaban J connectivity index is 1.21. The number of amides is 3. The number of benzene rings is 2. The van der Waals surface area contributed by atoms with E-state index in [4.69, 9.17) is 9.47 Å². The molecule has 2 aromatic carbocycles. The minimum absolute atomic E-state index is 0.133.